The zero-order valence-electron chi connectivity index (χ0n) is 15.9. The van der Waals surface area contributed by atoms with E-state index in [1.165, 1.54) is 17.2 Å². The number of nitrogens with one attached hydrogen (secondary N) is 2. The van der Waals surface area contributed by atoms with E-state index >= 15 is 0 Å². The van der Waals surface area contributed by atoms with Crippen molar-refractivity contribution in [3.63, 3.8) is 0 Å². The standard InChI is InChI=1S/C22H25F3N2S/c1-16-6-4-7-17(14-16)10-13-21(11-2-3-12-21)27-20(28)26-19-9-5-8-18(15-19)22(23,24)25/h4-9,14-15H,2-3,10-13H2,1H3,(H2,26,27,28). The normalized spacial score (nSPS) is 16.0. The molecule has 1 aliphatic rings. The third-order valence-electron chi connectivity index (χ3n) is 5.36. The molecule has 1 aliphatic carbocycles. The predicted molar refractivity (Wildman–Crippen MR) is 111 cm³/mol. The first-order valence-electron chi connectivity index (χ1n) is 9.58. The van der Waals surface area contributed by atoms with Crippen molar-refractivity contribution in [2.45, 2.75) is 57.2 Å². The van der Waals surface area contributed by atoms with Crippen LogP contribution in [-0.4, -0.2) is 10.7 Å². The molecular formula is C22H25F3N2S. The van der Waals surface area contributed by atoms with Gasteiger partial charge in [-0.25, -0.2) is 0 Å². The van der Waals surface area contributed by atoms with Crippen molar-refractivity contribution < 1.29 is 13.2 Å². The lowest BCUT2D eigenvalue weighted by Gasteiger charge is -2.32. The molecule has 1 saturated carbocycles. The van der Waals surface area contributed by atoms with Crippen LogP contribution in [0.15, 0.2) is 48.5 Å². The van der Waals surface area contributed by atoms with Crippen LogP contribution < -0.4 is 10.6 Å². The third-order valence-corrected chi connectivity index (χ3v) is 5.57. The van der Waals surface area contributed by atoms with Crippen molar-refractivity contribution >= 4 is 23.0 Å². The van der Waals surface area contributed by atoms with E-state index in [0.29, 0.717) is 10.8 Å². The smallest absolute Gasteiger partial charge is 0.357 e. The second-order valence-electron chi connectivity index (χ2n) is 7.63. The highest BCUT2D eigenvalue weighted by Crippen LogP contribution is 2.34. The summed E-state index contributed by atoms with van der Waals surface area (Å²) in [7, 11) is 0. The van der Waals surface area contributed by atoms with Gasteiger partial charge >= 0.3 is 6.18 Å². The molecule has 150 valence electrons. The van der Waals surface area contributed by atoms with Gasteiger partial charge in [-0.15, -0.1) is 0 Å². The first-order valence-corrected chi connectivity index (χ1v) is 9.99. The van der Waals surface area contributed by atoms with Gasteiger partial charge in [-0.2, -0.15) is 13.2 Å². The average Bonchev–Trinajstić information content (AvgIpc) is 3.08. The monoisotopic (exact) mass is 406 g/mol. The molecule has 0 aliphatic heterocycles. The number of thiocarbonyl (C=S) groups is 1. The summed E-state index contributed by atoms with van der Waals surface area (Å²) < 4.78 is 38.7. The Bertz CT molecular complexity index is 827. The molecule has 0 amide bonds. The topological polar surface area (TPSA) is 24.1 Å². The van der Waals surface area contributed by atoms with Gasteiger partial charge in [0.25, 0.3) is 0 Å². The number of hydrogen-bond donors (Lipinski definition) is 2. The van der Waals surface area contributed by atoms with Crippen LogP contribution in [0, 0.1) is 6.92 Å². The summed E-state index contributed by atoms with van der Waals surface area (Å²) >= 11 is 5.43. The summed E-state index contributed by atoms with van der Waals surface area (Å²) in [5, 5.41) is 6.74. The van der Waals surface area contributed by atoms with E-state index in [9.17, 15) is 13.2 Å². The van der Waals surface area contributed by atoms with Gasteiger partial charge in [-0.3, -0.25) is 0 Å². The number of halogens is 3. The number of alkyl halides is 3. The minimum atomic E-state index is -4.37. The van der Waals surface area contributed by atoms with Crippen molar-refractivity contribution in [2.75, 3.05) is 5.32 Å². The second kappa shape index (κ2) is 8.52. The lowest BCUT2D eigenvalue weighted by atomic mass is 9.89. The van der Waals surface area contributed by atoms with Crippen LogP contribution in [0.3, 0.4) is 0 Å². The quantitative estimate of drug-likeness (QED) is 0.574. The van der Waals surface area contributed by atoms with Gasteiger partial charge in [-0.1, -0.05) is 48.7 Å². The summed E-state index contributed by atoms with van der Waals surface area (Å²) in [4.78, 5) is 0. The predicted octanol–water partition coefficient (Wildman–Crippen LogP) is 6.25. The Labute approximate surface area is 169 Å². The minimum absolute atomic E-state index is 0.102. The first kappa shape index (κ1) is 20.6. The molecule has 2 N–H and O–H groups in total. The van der Waals surface area contributed by atoms with Gasteiger partial charge in [0.05, 0.1) is 5.56 Å². The summed E-state index contributed by atoms with van der Waals surface area (Å²) in [5.41, 5.74) is 2.10. The summed E-state index contributed by atoms with van der Waals surface area (Å²) in [6.45, 7) is 2.08. The van der Waals surface area contributed by atoms with Crippen molar-refractivity contribution in [2.24, 2.45) is 0 Å². The van der Waals surface area contributed by atoms with Gasteiger partial charge in [0.15, 0.2) is 5.11 Å². The van der Waals surface area contributed by atoms with Crippen LogP contribution in [0.25, 0.3) is 0 Å². The van der Waals surface area contributed by atoms with Crippen LogP contribution in [0.4, 0.5) is 18.9 Å². The highest BCUT2D eigenvalue weighted by Gasteiger charge is 2.34. The van der Waals surface area contributed by atoms with Gasteiger partial charge in [0, 0.05) is 11.2 Å². The highest BCUT2D eigenvalue weighted by molar-refractivity contribution is 7.80. The van der Waals surface area contributed by atoms with Crippen LogP contribution in [0.1, 0.15) is 48.8 Å². The number of benzene rings is 2. The molecule has 0 aromatic heterocycles. The summed E-state index contributed by atoms with van der Waals surface area (Å²) in [5.74, 6) is 0. The fourth-order valence-electron chi connectivity index (χ4n) is 3.92. The van der Waals surface area contributed by atoms with Gasteiger partial charge in [0.1, 0.15) is 0 Å². The maximum absolute atomic E-state index is 12.9. The molecule has 2 aromatic carbocycles. The third kappa shape index (κ3) is 5.47. The fraction of sp³-hybridized carbons (Fsp3) is 0.409. The van der Waals surface area contributed by atoms with E-state index in [-0.39, 0.29) is 5.54 Å². The summed E-state index contributed by atoms with van der Waals surface area (Å²) in [6, 6.07) is 13.6. The Hall–Kier alpha value is -2.08. The molecule has 6 heteroatoms. The average molecular weight is 407 g/mol. The number of anilines is 1. The molecule has 0 bridgehead atoms. The number of hydrogen-bond acceptors (Lipinski definition) is 1. The van der Waals surface area contributed by atoms with E-state index in [2.05, 4.69) is 41.8 Å². The Morgan fingerprint density at radius 3 is 2.46 bits per heavy atom. The van der Waals surface area contributed by atoms with Crippen LogP contribution in [-0.2, 0) is 12.6 Å². The molecule has 2 aromatic rings. The molecule has 1 fully saturated rings. The van der Waals surface area contributed by atoms with E-state index in [0.717, 1.165) is 50.7 Å². The van der Waals surface area contributed by atoms with Crippen molar-refractivity contribution in [3.05, 3.63) is 65.2 Å². The van der Waals surface area contributed by atoms with Crippen molar-refractivity contribution in [1.82, 2.24) is 5.32 Å². The van der Waals surface area contributed by atoms with Gasteiger partial charge < -0.3 is 10.6 Å². The number of rotatable bonds is 5. The zero-order valence-corrected chi connectivity index (χ0v) is 16.7. The van der Waals surface area contributed by atoms with Gasteiger partial charge in [0.2, 0.25) is 0 Å². The Morgan fingerprint density at radius 2 is 1.79 bits per heavy atom. The molecule has 2 nitrogen and oxygen atoms in total. The van der Waals surface area contributed by atoms with E-state index in [1.807, 2.05) is 0 Å². The Morgan fingerprint density at radius 1 is 1.07 bits per heavy atom. The van der Waals surface area contributed by atoms with Crippen molar-refractivity contribution in [3.8, 4) is 0 Å². The lowest BCUT2D eigenvalue weighted by Crippen LogP contribution is -2.48. The van der Waals surface area contributed by atoms with Crippen LogP contribution in [0.5, 0.6) is 0 Å². The maximum atomic E-state index is 12.9. The molecule has 28 heavy (non-hydrogen) atoms. The largest absolute Gasteiger partial charge is 0.416 e. The van der Waals surface area contributed by atoms with Crippen LogP contribution in [0.2, 0.25) is 0 Å². The molecule has 0 saturated heterocycles. The SMILES string of the molecule is Cc1cccc(CCC2(NC(=S)Nc3cccc(C(F)(F)F)c3)CCCC2)c1. The molecule has 3 rings (SSSR count). The molecule has 0 radical (unpaired) electrons. The number of aryl methyl sites for hydroxylation is 2. The Kier molecular flexibility index (Phi) is 6.28. The first-order chi connectivity index (χ1) is 13.3. The van der Waals surface area contributed by atoms with E-state index < -0.39 is 11.7 Å². The van der Waals surface area contributed by atoms with Crippen LogP contribution >= 0.6 is 12.2 Å². The molecule has 0 spiro atoms. The van der Waals surface area contributed by atoms with E-state index in [1.54, 1.807) is 6.07 Å². The molecule has 0 heterocycles. The maximum Gasteiger partial charge on any atom is 0.416 e. The minimum Gasteiger partial charge on any atom is -0.357 e. The molecule has 0 atom stereocenters. The lowest BCUT2D eigenvalue weighted by molar-refractivity contribution is -0.137. The summed E-state index contributed by atoms with van der Waals surface area (Å²) in [6.07, 6.45) is 1.82. The molecular weight excluding hydrogens is 381 g/mol. The second-order valence-corrected chi connectivity index (χ2v) is 8.04. The Balaban J connectivity index is 1.64. The highest BCUT2D eigenvalue weighted by atomic mass is 32.1. The fourth-order valence-corrected chi connectivity index (χ4v) is 4.25. The van der Waals surface area contributed by atoms with Crippen molar-refractivity contribution in [1.29, 1.82) is 0 Å². The van der Waals surface area contributed by atoms with E-state index in [4.69, 9.17) is 12.2 Å². The zero-order chi connectivity index (χ0) is 20.2. The molecule has 0 unspecified atom stereocenters. The van der Waals surface area contributed by atoms with Gasteiger partial charge in [-0.05, 0) is 68.6 Å².